The van der Waals surface area contributed by atoms with Gasteiger partial charge in [-0.3, -0.25) is 9.67 Å². The summed E-state index contributed by atoms with van der Waals surface area (Å²) in [5.74, 6) is -0.853. The van der Waals surface area contributed by atoms with E-state index in [1.54, 1.807) is 11.7 Å². The van der Waals surface area contributed by atoms with Crippen LogP contribution >= 0.6 is 0 Å². The molecule has 0 aliphatic carbocycles. The standard InChI is InChI=1S/C17H17N5O3/c1-3-11-13-14(10-7-5-4-6-8-10)18-9-12(15(21-25)17(23)24)19-16(13)22(2)20-11/h4-8,15H,3,9H2,1-2H3,(H,23,24). The fourth-order valence-electron chi connectivity index (χ4n) is 2.83. The third kappa shape index (κ3) is 2.98. The average molecular weight is 339 g/mol. The van der Waals surface area contributed by atoms with Crippen molar-refractivity contribution in [2.75, 3.05) is 6.54 Å². The number of benzene rings is 1. The topological polar surface area (TPSA) is 109 Å². The molecule has 8 nitrogen and oxygen atoms in total. The van der Waals surface area contributed by atoms with Crippen molar-refractivity contribution in [3.63, 3.8) is 0 Å². The monoisotopic (exact) mass is 339 g/mol. The van der Waals surface area contributed by atoms with E-state index in [0.717, 1.165) is 16.8 Å². The number of carbonyl (C=O) groups is 1. The van der Waals surface area contributed by atoms with Crippen molar-refractivity contribution in [1.29, 1.82) is 0 Å². The maximum Gasteiger partial charge on any atom is 0.338 e. The summed E-state index contributed by atoms with van der Waals surface area (Å²) in [6, 6.07) is 7.99. The minimum Gasteiger partial charge on any atom is -0.479 e. The lowest BCUT2D eigenvalue weighted by Gasteiger charge is -2.06. The van der Waals surface area contributed by atoms with Crippen LogP contribution in [0.4, 0.5) is 5.82 Å². The zero-order chi connectivity index (χ0) is 18.0. The Morgan fingerprint density at radius 3 is 2.68 bits per heavy atom. The van der Waals surface area contributed by atoms with E-state index in [4.69, 9.17) is 0 Å². The van der Waals surface area contributed by atoms with Gasteiger partial charge in [-0.1, -0.05) is 37.3 Å². The molecule has 1 aliphatic heterocycles. The molecular weight excluding hydrogens is 322 g/mol. The zero-order valence-electron chi connectivity index (χ0n) is 13.9. The Hall–Kier alpha value is -3.16. The molecule has 25 heavy (non-hydrogen) atoms. The van der Waals surface area contributed by atoms with Gasteiger partial charge in [0.15, 0.2) is 5.82 Å². The molecule has 0 spiro atoms. The number of aliphatic carboxylic acids is 1. The molecule has 0 radical (unpaired) electrons. The van der Waals surface area contributed by atoms with Gasteiger partial charge in [0.25, 0.3) is 0 Å². The molecule has 0 fully saturated rings. The van der Waals surface area contributed by atoms with Crippen molar-refractivity contribution in [2.45, 2.75) is 19.4 Å². The number of nitroso groups, excluding NO2 is 1. The Labute approximate surface area is 143 Å². The molecule has 1 unspecified atom stereocenters. The van der Waals surface area contributed by atoms with Gasteiger partial charge in [0.2, 0.25) is 6.04 Å². The Morgan fingerprint density at radius 2 is 2.08 bits per heavy atom. The third-order valence-electron chi connectivity index (χ3n) is 4.01. The van der Waals surface area contributed by atoms with Gasteiger partial charge in [0, 0.05) is 12.6 Å². The molecular formula is C17H17N5O3. The molecule has 2 heterocycles. The Morgan fingerprint density at radius 1 is 1.36 bits per heavy atom. The number of aromatic nitrogens is 2. The van der Waals surface area contributed by atoms with Crippen LogP contribution in [0, 0.1) is 4.91 Å². The van der Waals surface area contributed by atoms with E-state index in [2.05, 4.69) is 20.3 Å². The van der Waals surface area contributed by atoms with Gasteiger partial charge in [-0.2, -0.15) is 5.10 Å². The number of nitrogens with zero attached hydrogens (tertiary/aromatic N) is 5. The predicted molar refractivity (Wildman–Crippen MR) is 93.8 cm³/mol. The van der Waals surface area contributed by atoms with Crippen LogP contribution in [0.2, 0.25) is 0 Å². The van der Waals surface area contributed by atoms with Crippen LogP contribution in [0.1, 0.15) is 23.7 Å². The first-order valence-corrected chi connectivity index (χ1v) is 7.85. The molecule has 2 aromatic rings. The van der Waals surface area contributed by atoms with Crippen LogP contribution in [-0.4, -0.2) is 44.9 Å². The van der Waals surface area contributed by atoms with Crippen molar-refractivity contribution < 1.29 is 9.90 Å². The average Bonchev–Trinajstić information content (AvgIpc) is 2.80. The fourth-order valence-corrected chi connectivity index (χ4v) is 2.83. The highest BCUT2D eigenvalue weighted by atomic mass is 16.4. The van der Waals surface area contributed by atoms with Gasteiger partial charge >= 0.3 is 5.97 Å². The van der Waals surface area contributed by atoms with Crippen LogP contribution < -0.4 is 0 Å². The lowest BCUT2D eigenvalue weighted by Crippen LogP contribution is -2.29. The smallest absolute Gasteiger partial charge is 0.338 e. The van der Waals surface area contributed by atoms with Crippen molar-refractivity contribution in [2.24, 2.45) is 22.2 Å². The summed E-state index contributed by atoms with van der Waals surface area (Å²) in [5.41, 5.74) is 3.25. The lowest BCUT2D eigenvalue weighted by molar-refractivity contribution is -0.136. The number of carboxylic acids is 1. The summed E-state index contributed by atoms with van der Waals surface area (Å²) >= 11 is 0. The summed E-state index contributed by atoms with van der Waals surface area (Å²) in [6.45, 7) is 1.97. The van der Waals surface area contributed by atoms with Gasteiger partial charge < -0.3 is 5.11 Å². The predicted octanol–water partition coefficient (Wildman–Crippen LogP) is 2.13. The number of hydrogen-bond acceptors (Lipinski definition) is 6. The van der Waals surface area contributed by atoms with E-state index >= 15 is 0 Å². The molecule has 0 saturated carbocycles. The van der Waals surface area contributed by atoms with E-state index in [-0.39, 0.29) is 12.3 Å². The van der Waals surface area contributed by atoms with E-state index in [9.17, 15) is 14.8 Å². The molecule has 0 amide bonds. The van der Waals surface area contributed by atoms with Crippen molar-refractivity contribution in [3.05, 3.63) is 52.1 Å². The number of aliphatic imine (C=N–C) groups is 2. The number of aryl methyl sites for hydroxylation is 2. The summed E-state index contributed by atoms with van der Waals surface area (Å²) < 4.78 is 1.58. The molecule has 1 atom stereocenters. The Bertz CT molecular complexity index is 883. The maximum absolute atomic E-state index is 11.3. The largest absolute Gasteiger partial charge is 0.479 e. The molecule has 8 heteroatoms. The second kappa shape index (κ2) is 6.76. The number of rotatable bonds is 5. The quantitative estimate of drug-likeness (QED) is 0.841. The molecule has 128 valence electrons. The molecule has 3 rings (SSSR count). The number of carboxylic acid groups (broad SMARTS) is 1. The first kappa shape index (κ1) is 16.7. The van der Waals surface area contributed by atoms with Gasteiger partial charge in [-0.15, -0.1) is 4.91 Å². The Balaban J connectivity index is 2.23. The third-order valence-corrected chi connectivity index (χ3v) is 4.01. The summed E-state index contributed by atoms with van der Waals surface area (Å²) in [5, 5.41) is 16.4. The highest BCUT2D eigenvalue weighted by molar-refractivity contribution is 6.19. The molecule has 0 saturated heterocycles. The van der Waals surface area contributed by atoms with Crippen LogP contribution in [0.3, 0.4) is 0 Å². The SMILES string of the molecule is CCc1nn(C)c2c1C(c1ccccc1)=NCC(C(N=O)C(=O)O)=N2. The highest BCUT2D eigenvalue weighted by Crippen LogP contribution is 2.29. The van der Waals surface area contributed by atoms with Crippen LogP contribution in [-0.2, 0) is 18.3 Å². The van der Waals surface area contributed by atoms with Crippen LogP contribution in [0.15, 0.2) is 45.5 Å². The van der Waals surface area contributed by atoms with Gasteiger partial charge in [0.1, 0.15) is 0 Å². The normalized spacial score (nSPS) is 14.8. The second-order valence-corrected chi connectivity index (χ2v) is 5.60. The Kier molecular flexibility index (Phi) is 4.51. The van der Waals surface area contributed by atoms with Gasteiger partial charge in [0.05, 0.1) is 29.2 Å². The van der Waals surface area contributed by atoms with Crippen molar-refractivity contribution in [3.8, 4) is 0 Å². The van der Waals surface area contributed by atoms with E-state index in [0.29, 0.717) is 18.0 Å². The minimum absolute atomic E-state index is 0.00916. The first-order valence-electron chi connectivity index (χ1n) is 7.85. The zero-order valence-corrected chi connectivity index (χ0v) is 13.9. The summed E-state index contributed by atoms with van der Waals surface area (Å²) in [4.78, 5) is 31.3. The molecule has 1 aliphatic rings. The number of hydrogen-bond donors (Lipinski definition) is 1. The van der Waals surface area contributed by atoms with E-state index in [1.807, 2.05) is 37.3 Å². The van der Waals surface area contributed by atoms with Crippen LogP contribution in [0.5, 0.6) is 0 Å². The summed E-state index contributed by atoms with van der Waals surface area (Å²) in [7, 11) is 1.73. The fraction of sp³-hybridized carbons (Fsp3) is 0.294. The highest BCUT2D eigenvalue weighted by Gasteiger charge is 2.30. The van der Waals surface area contributed by atoms with E-state index in [1.165, 1.54) is 0 Å². The molecule has 1 N–H and O–H groups in total. The first-order chi connectivity index (χ1) is 12.1. The van der Waals surface area contributed by atoms with Crippen LogP contribution in [0.25, 0.3) is 0 Å². The summed E-state index contributed by atoms with van der Waals surface area (Å²) in [6.07, 6.45) is 0.675. The molecule has 1 aromatic carbocycles. The van der Waals surface area contributed by atoms with Crippen molar-refractivity contribution >= 4 is 23.2 Å². The second-order valence-electron chi connectivity index (χ2n) is 5.60. The van der Waals surface area contributed by atoms with Gasteiger partial charge in [-0.05, 0) is 11.6 Å². The lowest BCUT2D eigenvalue weighted by atomic mass is 10.0. The number of fused-ring (bicyclic) bond motifs is 1. The van der Waals surface area contributed by atoms with E-state index < -0.39 is 12.0 Å². The molecule has 1 aromatic heterocycles. The van der Waals surface area contributed by atoms with Gasteiger partial charge in [-0.25, -0.2) is 9.79 Å². The molecule has 0 bridgehead atoms. The minimum atomic E-state index is -1.56. The maximum atomic E-state index is 11.3. The van der Waals surface area contributed by atoms with Crippen molar-refractivity contribution in [1.82, 2.24) is 9.78 Å².